The minimum Gasteiger partial charge on any atom is -0.497 e. The van der Waals surface area contributed by atoms with E-state index in [1.165, 1.54) is 49.7 Å². The van der Waals surface area contributed by atoms with Crippen molar-refractivity contribution in [3.8, 4) is 5.75 Å². The number of benzene rings is 2. The molecule has 0 amide bonds. The van der Waals surface area contributed by atoms with Crippen LogP contribution in [0.25, 0.3) is 0 Å². The number of aryl methyl sites for hydroxylation is 1. The maximum atomic E-state index is 6.02. The van der Waals surface area contributed by atoms with Crippen molar-refractivity contribution in [1.29, 1.82) is 0 Å². The maximum absolute atomic E-state index is 6.02. The number of hydrogen-bond acceptors (Lipinski definition) is 2. The summed E-state index contributed by atoms with van der Waals surface area (Å²) in [6.07, 6.45) is 9.06. The number of methoxy groups -OCH3 is 1. The van der Waals surface area contributed by atoms with E-state index in [1.54, 1.807) is 12.7 Å². The molecule has 5 rings (SSSR count). The van der Waals surface area contributed by atoms with Gasteiger partial charge >= 0.3 is 0 Å². The van der Waals surface area contributed by atoms with Crippen molar-refractivity contribution in [3.05, 3.63) is 64.2 Å². The van der Waals surface area contributed by atoms with Gasteiger partial charge in [0.25, 0.3) is 0 Å². The Morgan fingerprint density at radius 2 is 1.90 bits per heavy atom. The SMILES string of the molecule is COc1ccc2c(c1)CC[C@@H]1[C@@H]2CC[C@]2(C)[C@@H](NCCc3ccc(Cl)cc3)CC[C@@H]12. The van der Waals surface area contributed by atoms with Crippen molar-refractivity contribution in [2.24, 2.45) is 17.3 Å². The molecule has 2 aromatic rings. The van der Waals surface area contributed by atoms with Crippen LogP contribution in [0.2, 0.25) is 5.02 Å². The Bertz CT molecular complexity index is 894. The van der Waals surface area contributed by atoms with Crippen molar-refractivity contribution >= 4 is 11.6 Å². The van der Waals surface area contributed by atoms with Crippen molar-refractivity contribution in [3.63, 3.8) is 0 Å². The van der Waals surface area contributed by atoms with Crippen molar-refractivity contribution < 1.29 is 4.74 Å². The Kier molecular flexibility index (Phi) is 5.58. The number of rotatable bonds is 5. The summed E-state index contributed by atoms with van der Waals surface area (Å²) in [7, 11) is 1.78. The predicted octanol–water partition coefficient (Wildman–Crippen LogP) is 6.41. The Morgan fingerprint density at radius 1 is 1.07 bits per heavy atom. The van der Waals surface area contributed by atoms with E-state index in [1.807, 2.05) is 12.1 Å². The van der Waals surface area contributed by atoms with Gasteiger partial charge in [-0.15, -0.1) is 0 Å². The van der Waals surface area contributed by atoms with E-state index in [-0.39, 0.29) is 0 Å². The highest BCUT2D eigenvalue weighted by Gasteiger charge is 2.54. The molecular weight excluding hydrogens is 390 g/mol. The smallest absolute Gasteiger partial charge is 0.119 e. The van der Waals surface area contributed by atoms with E-state index in [0.29, 0.717) is 11.5 Å². The third-order valence-electron chi connectivity index (χ3n) is 8.65. The molecule has 0 aliphatic heterocycles. The summed E-state index contributed by atoms with van der Waals surface area (Å²) >= 11 is 6.02. The standard InChI is InChI=1S/C27H34ClNO/c1-27-15-13-23-22-10-8-21(30-2)17-19(22)5-9-24(23)25(27)11-12-26(27)29-16-14-18-3-6-20(28)7-4-18/h3-4,6-8,10,17,23-26,29H,5,9,11-16H2,1-2H3/t23-,24-,25+,26+,27+/m1/s1. The van der Waals surface area contributed by atoms with Crippen LogP contribution in [0.5, 0.6) is 5.75 Å². The van der Waals surface area contributed by atoms with Gasteiger partial charge < -0.3 is 10.1 Å². The highest BCUT2D eigenvalue weighted by molar-refractivity contribution is 6.30. The van der Waals surface area contributed by atoms with Gasteiger partial charge in [0.2, 0.25) is 0 Å². The molecule has 0 radical (unpaired) electrons. The fourth-order valence-corrected chi connectivity index (χ4v) is 7.19. The van der Waals surface area contributed by atoms with Gasteiger partial charge in [0.05, 0.1) is 7.11 Å². The van der Waals surface area contributed by atoms with Crippen LogP contribution in [-0.2, 0) is 12.8 Å². The fourth-order valence-electron chi connectivity index (χ4n) is 7.06. The molecule has 0 heterocycles. The van der Waals surface area contributed by atoms with Crippen molar-refractivity contribution in [2.45, 2.75) is 63.8 Å². The molecule has 0 unspecified atom stereocenters. The molecule has 160 valence electrons. The molecule has 2 nitrogen and oxygen atoms in total. The summed E-state index contributed by atoms with van der Waals surface area (Å²) < 4.78 is 5.48. The van der Waals surface area contributed by atoms with Gasteiger partial charge in [-0.3, -0.25) is 0 Å². The van der Waals surface area contributed by atoms with Crippen LogP contribution >= 0.6 is 11.6 Å². The molecule has 3 heteroatoms. The zero-order chi connectivity index (χ0) is 20.7. The first-order valence-corrected chi connectivity index (χ1v) is 12.1. The maximum Gasteiger partial charge on any atom is 0.119 e. The van der Waals surface area contributed by atoms with E-state index in [2.05, 4.69) is 42.6 Å². The Morgan fingerprint density at radius 3 is 2.70 bits per heavy atom. The first-order valence-electron chi connectivity index (χ1n) is 11.7. The zero-order valence-electron chi connectivity index (χ0n) is 18.3. The molecule has 0 spiro atoms. The van der Waals surface area contributed by atoms with Gasteiger partial charge in [0.15, 0.2) is 0 Å². The summed E-state index contributed by atoms with van der Waals surface area (Å²) in [5.74, 6) is 3.48. The van der Waals surface area contributed by atoms with Crippen LogP contribution in [0.4, 0.5) is 0 Å². The summed E-state index contributed by atoms with van der Waals surface area (Å²) in [6.45, 7) is 3.65. The lowest BCUT2D eigenvalue weighted by atomic mass is 9.55. The number of halogens is 1. The second-order valence-corrected chi connectivity index (χ2v) is 10.4. The zero-order valence-corrected chi connectivity index (χ0v) is 19.0. The van der Waals surface area contributed by atoms with Crippen LogP contribution in [0.15, 0.2) is 42.5 Å². The van der Waals surface area contributed by atoms with Gasteiger partial charge in [0.1, 0.15) is 5.75 Å². The predicted molar refractivity (Wildman–Crippen MR) is 125 cm³/mol. The van der Waals surface area contributed by atoms with Gasteiger partial charge in [-0.1, -0.05) is 36.7 Å². The summed E-state index contributed by atoms with van der Waals surface area (Å²) in [6, 6.07) is 15.8. The highest BCUT2D eigenvalue weighted by atomic mass is 35.5. The van der Waals surface area contributed by atoms with Gasteiger partial charge in [-0.2, -0.15) is 0 Å². The molecular formula is C27H34ClNO. The molecule has 0 saturated heterocycles. The number of fused-ring (bicyclic) bond motifs is 5. The largest absolute Gasteiger partial charge is 0.497 e. The monoisotopic (exact) mass is 423 g/mol. The third-order valence-corrected chi connectivity index (χ3v) is 8.90. The molecule has 1 N–H and O–H groups in total. The number of ether oxygens (including phenoxy) is 1. The van der Waals surface area contributed by atoms with Crippen LogP contribution in [-0.4, -0.2) is 19.7 Å². The summed E-state index contributed by atoms with van der Waals surface area (Å²) in [4.78, 5) is 0. The van der Waals surface area contributed by atoms with Crippen molar-refractivity contribution in [2.75, 3.05) is 13.7 Å². The fraction of sp³-hybridized carbons (Fsp3) is 0.556. The Hall–Kier alpha value is -1.51. The number of nitrogens with one attached hydrogen (secondary N) is 1. The first kappa shape index (κ1) is 20.4. The van der Waals surface area contributed by atoms with E-state index in [0.717, 1.165) is 41.5 Å². The van der Waals surface area contributed by atoms with E-state index in [9.17, 15) is 0 Å². The quantitative estimate of drug-likeness (QED) is 0.600. The van der Waals surface area contributed by atoms with Crippen molar-refractivity contribution in [1.82, 2.24) is 5.32 Å². The van der Waals surface area contributed by atoms with E-state index < -0.39 is 0 Å². The second-order valence-electron chi connectivity index (χ2n) is 9.99. The molecule has 0 aromatic heterocycles. The number of hydrogen-bond donors (Lipinski definition) is 1. The molecule has 30 heavy (non-hydrogen) atoms. The Balaban J connectivity index is 1.26. The lowest BCUT2D eigenvalue weighted by Crippen LogP contribution is -2.49. The van der Waals surface area contributed by atoms with E-state index in [4.69, 9.17) is 16.3 Å². The minimum atomic E-state index is 0.450. The molecule has 2 saturated carbocycles. The normalized spacial score (nSPS) is 32.2. The molecule has 3 aliphatic rings. The molecule has 3 aliphatic carbocycles. The van der Waals surface area contributed by atoms with Gasteiger partial charge in [0, 0.05) is 11.1 Å². The average molecular weight is 424 g/mol. The van der Waals surface area contributed by atoms with Gasteiger partial charge in [-0.05, 0) is 116 Å². The van der Waals surface area contributed by atoms with E-state index >= 15 is 0 Å². The van der Waals surface area contributed by atoms with Gasteiger partial charge in [-0.25, -0.2) is 0 Å². The molecule has 5 atom stereocenters. The van der Waals surface area contributed by atoms with Crippen LogP contribution in [0.3, 0.4) is 0 Å². The van der Waals surface area contributed by atoms with Crippen LogP contribution in [0.1, 0.15) is 61.6 Å². The molecule has 2 fully saturated rings. The van der Waals surface area contributed by atoms with Crippen LogP contribution in [0, 0.1) is 17.3 Å². The molecule has 2 aromatic carbocycles. The lowest BCUT2D eigenvalue weighted by molar-refractivity contribution is 0.0414. The molecule has 0 bridgehead atoms. The first-order chi connectivity index (χ1) is 14.6. The minimum absolute atomic E-state index is 0.450. The lowest BCUT2D eigenvalue weighted by Gasteiger charge is -2.51. The third kappa shape index (κ3) is 3.56. The summed E-state index contributed by atoms with van der Waals surface area (Å²) in [5.41, 5.74) is 4.98. The van der Waals surface area contributed by atoms with Crippen LogP contribution < -0.4 is 10.1 Å². The average Bonchev–Trinajstić information content (AvgIpc) is 3.11. The Labute approximate surface area is 186 Å². The topological polar surface area (TPSA) is 21.3 Å². The highest BCUT2D eigenvalue weighted by Crippen LogP contribution is 2.60. The summed E-state index contributed by atoms with van der Waals surface area (Å²) in [5, 5.41) is 4.79. The second kappa shape index (κ2) is 8.20.